The minimum absolute atomic E-state index is 0.0851. The number of alkyl halides is 3. The maximum absolute atomic E-state index is 12.8. The molecule has 0 saturated carbocycles. The van der Waals surface area contributed by atoms with Crippen LogP contribution in [-0.4, -0.2) is 24.4 Å². The van der Waals surface area contributed by atoms with Gasteiger partial charge in [0.15, 0.2) is 0 Å². The number of halogens is 3. The average Bonchev–Trinajstić information content (AvgIpc) is 2.44. The van der Waals surface area contributed by atoms with Crippen LogP contribution < -0.4 is 11.3 Å². The molecule has 1 rings (SSSR count). The van der Waals surface area contributed by atoms with E-state index in [1.165, 1.54) is 4.90 Å². The van der Waals surface area contributed by atoms with Gasteiger partial charge >= 0.3 is 6.18 Å². The molecule has 1 amide bonds. The van der Waals surface area contributed by atoms with Crippen molar-refractivity contribution in [1.82, 2.24) is 4.90 Å². The Morgan fingerprint density at radius 3 is 2.52 bits per heavy atom. The largest absolute Gasteiger partial charge is 0.416 e. The molecule has 0 radical (unpaired) electrons. The average molecular weight is 303 g/mol. The molecule has 0 spiro atoms. The lowest BCUT2D eigenvalue weighted by atomic mass is 10.1. The number of carbonyl (C=O) groups is 1. The number of nitrogens with two attached hydrogens (primary N) is 1. The number of rotatable bonds is 5. The highest BCUT2D eigenvalue weighted by molar-refractivity contribution is 5.99. The molecule has 1 aromatic rings. The van der Waals surface area contributed by atoms with Crippen LogP contribution in [0.3, 0.4) is 0 Å². The zero-order valence-corrected chi connectivity index (χ0v) is 12.3. The van der Waals surface area contributed by atoms with Crippen molar-refractivity contribution in [3.05, 3.63) is 29.3 Å². The monoisotopic (exact) mass is 303 g/mol. The van der Waals surface area contributed by atoms with Crippen molar-refractivity contribution in [2.45, 2.75) is 26.4 Å². The number of hydrogen-bond donors (Lipinski definition) is 2. The van der Waals surface area contributed by atoms with Gasteiger partial charge in [0, 0.05) is 13.6 Å². The molecule has 0 aliphatic heterocycles. The Balaban J connectivity index is 3.11. The van der Waals surface area contributed by atoms with E-state index in [2.05, 4.69) is 5.43 Å². The number of carbonyl (C=O) groups excluding carboxylic acids is 1. The fraction of sp³-hybridized carbons (Fsp3) is 0.500. The van der Waals surface area contributed by atoms with Gasteiger partial charge in [0.1, 0.15) is 0 Å². The molecule has 0 aliphatic carbocycles. The Kier molecular flexibility index (Phi) is 5.60. The summed E-state index contributed by atoms with van der Waals surface area (Å²) in [5.41, 5.74) is 1.47. The molecule has 0 heterocycles. The van der Waals surface area contributed by atoms with E-state index in [9.17, 15) is 18.0 Å². The van der Waals surface area contributed by atoms with Crippen LogP contribution in [0.2, 0.25) is 0 Å². The van der Waals surface area contributed by atoms with Crippen LogP contribution in [-0.2, 0) is 6.18 Å². The molecule has 0 fully saturated rings. The maximum Gasteiger partial charge on any atom is 0.416 e. The zero-order valence-electron chi connectivity index (χ0n) is 12.3. The number of hydrogen-bond acceptors (Lipinski definition) is 3. The SMILES string of the molecule is CCC(C)CN(C)C(=O)c1cc(C(F)(F)F)ccc1NN. The van der Waals surface area contributed by atoms with Crippen molar-refractivity contribution in [2.24, 2.45) is 11.8 Å². The normalized spacial score (nSPS) is 12.9. The lowest BCUT2D eigenvalue weighted by molar-refractivity contribution is -0.137. The van der Waals surface area contributed by atoms with Gasteiger partial charge in [-0.1, -0.05) is 20.3 Å². The first-order valence-corrected chi connectivity index (χ1v) is 6.64. The Morgan fingerprint density at radius 1 is 1.43 bits per heavy atom. The third-order valence-electron chi connectivity index (χ3n) is 3.36. The van der Waals surface area contributed by atoms with Crippen LogP contribution in [0.15, 0.2) is 18.2 Å². The number of benzene rings is 1. The molecule has 21 heavy (non-hydrogen) atoms. The van der Waals surface area contributed by atoms with E-state index in [0.29, 0.717) is 6.54 Å². The molecular weight excluding hydrogens is 283 g/mol. The Morgan fingerprint density at radius 2 is 2.05 bits per heavy atom. The summed E-state index contributed by atoms with van der Waals surface area (Å²) in [5, 5.41) is 0. The maximum atomic E-state index is 12.8. The van der Waals surface area contributed by atoms with Gasteiger partial charge in [-0.15, -0.1) is 0 Å². The second kappa shape index (κ2) is 6.80. The zero-order chi connectivity index (χ0) is 16.2. The van der Waals surface area contributed by atoms with Gasteiger partial charge in [-0.05, 0) is 24.1 Å². The summed E-state index contributed by atoms with van der Waals surface area (Å²) < 4.78 is 38.3. The van der Waals surface area contributed by atoms with Crippen molar-refractivity contribution < 1.29 is 18.0 Å². The van der Waals surface area contributed by atoms with Gasteiger partial charge in [-0.2, -0.15) is 13.2 Å². The summed E-state index contributed by atoms with van der Waals surface area (Å²) >= 11 is 0. The first kappa shape index (κ1) is 17.3. The number of anilines is 1. The quantitative estimate of drug-likeness (QED) is 0.649. The topological polar surface area (TPSA) is 58.4 Å². The highest BCUT2D eigenvalue weighted by atomic mass is 19.4. The van der Waals surface area contributed by atoms with Crippen molar-refractivity contribution in [3.63, 3.8) is 0 Å². The second-order valence-corrected chi connectivity index (χ2v) is 5.10. The Bertz CT molecular complexity index is 503. The molecule has 1 aromatic carbocycles. The third-order valence-corrected chi connectivity index (χ3v) is 3.36. The molecule has 4 nitrogen and oxygen atoms in total. The number of amides is 1. The van der Waals surface area contributed by atoms with Crippen molar-refractivity contribution in [1.29, 1.82) is 0 Å². The minimum atomic E-state index is -4.50. The lowest BCUT2D eigenvalue weighted by Crippen LogP contribution is -2.32. The van der Waals surface area contributed by atoms with Crippen LogP contribution >= 0.6 is 0 Å². The number of nitrogens with zero attached hydrogens (tertiary/aromatic N) is 1. The molecule has 7 heteroatoms. The molecule has 3 N–H and O–H groups in total. The minimum Gasteiger partial charge on any atom is -0.341 e. The van der Waals surface area contributed by atoms with Gasteiger partial charge in [0.25, 0.3) is 5.91 Å². The van der Waals surface area contributed by atoms with Gasteiger partial charge in [0.05, 0.1) is 16.8 Å². The molecular formula is C14H20F3N3O. The van der Waals surface area contributed by atoms with E-state index < -0.39 is 17.6 Å². The third kappa shape index (κ3) is 4.35. The summed E-state index contributed by atoms with van der Waals surface area (Å²) in [5.74, 6) is 5.04. The Labute approximate surface area is 122 Å². The molecule has 0 saturated heterocycles. The molecule has 0 bridgehead atoms. The van der Waals surface area contributed by atoms with Crippen LogP contribution in [0, 0.1) is 5.92 Å². The van der Waals surface area contributed by atoms with Crippen LogP contribution in [0.4, 0.5) is 18.9 Å². The second-order valence-electron chi connectivity index (χ2n) is 5.10. The fourth-order valence-corrected chi connectivity index (χ4v) is 1.91. The summed E-state index contributed by atoms with van der Waals surface area (Å²) in [7, 11) is 1.56. The van der Waals surface area contributed by atoms with Crippen LogP contribution in [0.5, 0.6) is 0 Å². The lowest BCUT2D eigenvalue weighted by Gasteiger charge is -2.22. The van der Waals surface area contributed by atoms with E-state index in [4.69, 9.17) is 5.84 Å². The predicted molar refractivity (Wildman–Crippen MR) is 75.7 cm³/mol. The summed E-state index contributed by atoms with van der Waals surface area (Å²) in [6, 6.07) is 2.87. The van der Waals surface area contributed by atoms with E-state index in [1.807, 2.05) is 13.8 Å². The van der Waals surface area contributed by atoms with E-state index >= 15 is 0 Å². The first-order valence-electron chi connectivity index (χ1n) is 6.64. The molecule has 0 aromatic heterocycles. The number of nitrogens with one attached hydrogen (secondary N) is 1. The van der Waals surface area contributed by atoms with E-state index in [1.54, 1.807) is 7.05 Å². The van der Waals surface area contributed by atoms with Gasteiger partial charge in [-0.3, -0.25) is 10.6 Å². The van der Waals surface area contributed by atoms with Gasteiger partial charge < -0.3 is 10.3 Å². The van der Waals surface area contributed by atoms with Crippen molar-refractivity contribution in [2.75, 3.05) is 19.0 Å². The summed E-state index contributed by atoms with van der Waals surface area (Å²) in [4.78, 5) is 13.7. The number of nitrogen functional groups attached to an aromatic ring is 1. The first-order chi connectivity index (χ1) is 9.70. The molecule has 0 aliphatic rings. The molecule has 1 atom stereocenters. The smallest absolute Gasteiger partial charge is 0.341 e. The predicted octanol–water partition coefficient (Wildman–Crippen LogP) is 3.11. The summed E-state index contributed by atoms with van der Waals surface area (Å²) in [6.45, 7) is 4.42. The fourth-order valence-electron chi connectivity index (χ4n) is 1.91. The molecule has 118 valence electrons. The van der Waals surface area contributed by atoms with E-state index in [-0.39, 0.29) is 17.2 Å². The number of hydrazine groups is 1. The highest BCUT2D eigenvalue weighted by Crippen LogP contribution is 2.32. The van der Waals surface area contributed by atoms with Crippen LogP contribution in [0.1, 0.15) is 36.2 Å². The standard InChI is InChI=1S/C14H20F3N3O/c1-4-9(2)8-20(3)13(21)11-7-10(14(15,16)17)5-6-12(11)19-18/h5-7,9,19H,4,8,18H2,1-3H3. The molecule has 1 unspecified atom stereocenters. The summed E-state index contributed by atoms with van der Waals surface area (Å²) in [6.07, 6.45) is -3.63. The van der Waals surface area contributed by atoms with Gasteiger partial charge in [0.2, 0.25) is 0 Å². The van der Waals surface area contributed by atoms with Crippen LogP contribution in [0.25, 0.3) is 0 Å². The van der Waals surface area contributed by atoms with Crippen molar-refractivity contribution >= 4 is 11.6 Å². The van der Waals surface area contributed by atoms with Crippen molar-refractivity contribution in [3.8, 4) is 0 Å². The van der Waals surface area contributed by atoms with E-state index in [0.717, 1.165) is 24.6 Å². The van der Waals surface area contributed by atoms with Gasteiger partial charge in [-0.25, -0.2) is 0 Å². The Hall–Kier alpha value is -1.76. The highest BCUT2D eigenvalue weighted by Gasteiger charge is 2.32.